The Morgan fingerprint density at radius 1 is 1.33 bits per heavy atom. The van der Waals surface area contributed by atoms with Gasteiger partial charge < -0.3 is 9.84 Å². The highest BCUT2D eigenvalue weighted by atomic mass is 35.5. The zero-order valence-corrected chi connectivity index (χ0v) is 13.1. The summed E-state index contributed by atoms with van der Waals surface area (Å²) >= 11 is 0. The van der Waals surface area contributed by atoms with Gasteiger partial charge in [0.15, 0.2) is 0 Å². The van der Waals surface area contributed by atoms with Crippen molar-refractivity contribution in [1.29, 1.82) is 0 Å². The third kappa shape index (κ3) is 4.05. The Labute approximate surface area is 131 Å². The van der Waals surface area contributed by atoms with Gasteiger partial charge >= 0.3 is 0 Å². The molecule has 1 saturated heterocycles. The van der Waals surface area contributed by atoms with E-state index in [1.165, 1.54) is 12.8 Å². The molecule has 5 heteroatoms. The monoisotopic (exact) mass is 307 g/mol. The Morgan fingerprint density at radius 2 is 2.14 bits per heavy atom. The molecule has 4 nitrogen and oxygen atoms in total. The van der Waals surface area contributed by atoms with E-state index in [1.54, 1.807) is 0 Å². The van der Waals surface area contributed by atoms with Crippen molar-refractivity contribution in [3.05, 3.63) is 36.2 Å². The lowest BCUT2D eigenvalue weighted by Crippen LogP contribution is -2.33. The molecule has 1 fully saturated rings. The Morgan fingerprint density at radius 3 is 2.86 bits per heavy atom. The second-order valence-corrected chi connectivity index (χ2v) is 5.67. The van der Waals surface area contributed by atoms with E-state index in [2.05, 4.69) is 22.4 Å². The molecule has 0 amide bonds. The zero-order valence-electron chi connectivity index (χ0n) is 12.3. The number of hydrogen-bond acceptors (Lipinski definition) is 4. The summed E-state index contributed by atoms with van der Waals surface area (Å²) in [6, 6.07) is 9.97. The smallest absolute Gasteiger partial charge is 0.227 e. The first kappa shape index (κ1) is 16.0. The molecule has 2 atom stereocenters. The van der Waals surface area contributed by atoms with E-state index in [9.17, 15) is 0 Å². The summed E-state index contributed by atoms with van der Waals surface area (Å²) in [4.78, 5) is 4.52. The minimum atomic E-state index is 0. The molecule has 114 valence electrons. The molecule has 1 N–H and O–H groups in total. The molecular weight excluding hydrogens is 286 g/mol. The van der Waals surface area contributed by atoms with Crippen molar-refractivity contribution < 1.29 is 4.52 Å². The minimum Gasteiger partial charge on any atom is -0.339 e. The fraction of sp³-hybridized carbons (Fsp3) is 0.500. The molecule has 0 radical (unpaired) electrons. The largest absolute Gasteiger partial charge is 0.339 e. The van der Waals surface area contributed by atoms with Crippen LogP contribution in [0.4, 0.5) is 0 Å². The first-order chi connectivity index (χ1) is 9.83. The maximum atomic E-state index is 5.40. The molecular formula is C16H22ClN3O. The van der Waals surface area contributed by atoms with Gasteiger partial charge in [-0.1, -0.05) is 42.4 Å². The third-order valence-electron chi connectivity index (χ3n) is 4.14. The first-order valence-corrected chi connectivity index (χ1v) is 7.41. The Bertz CT molecular complexity index is 537. The SMILES string of the molecule is CC(Cc1nc(-c2ccccc2)no1)C1CCCNC1.Cl. The van der Waals surface area contributed by atoms with E-state index in [0.717, 1.165) is 36.9 Å². The molecule has 0 aliphatic carbocycles. The summed E-state index contributed by atoms with van der Waals surface area (Å²) in [5, 5.41) is 7.55. The van der Waals surface area contributed by atoms with E-state index in [4.69, 9.17) is 4.52 Å². The van der Waals surface area contributed by atoms with Crippen molar-refractivity contribution in [2.75, 3.05) is 13.1 Å². The first-order valence-electron chi connectivity index (χ1n) is 7.41. The van der Waals surface area contributed by atoms with Crippen LogP contribution >= 0.6 is 12.4 Å². The van der Waals surface area contributed by atoms with Crippen LogP contribution in [0.1, 0.15) is 25.7 Å². The summed E-state index contributed by atoms with van der Waals surface area (Å²) in [6.45, 7) is 4.55. The highest BCUT2D eigenvalue weighted by Crippen LogP contribution is 2.24. The van der Waals surface area contributed by atoms with E-state index < -0.39 is 0 Å². The normalized spacial score (nSPS) is 19.8. The number of halogens is 1. The van der Waals surface area contributed by atoms with Crippen LogP contribution in [-0.4, -0.2) is 23.2 Å². The number of benzene rings is 1. The van der Waals surface area contributed by atoms with Crippen LogP contribution in [0.15, 0.2) is 34.9 Å². The molecule has 1 aliphatic heterocycles. The number of nitrogens with one attached hydrogen (secondary N) is 1. The Kier molecular flexibility index (Phi) is 5.76. The average Bonchev–Trinajstić information content (AvgIpc) is 2.97. The summed E-state index contributed by atoms with van der Waals surface area (Å²) < 4.78 is 5.40. The third-order valence-corrected chi connectivity index (χ3v) is 4.14. The predicted molar refractivity (Wildman–Crippen MR) is 85.4 cm³/mol. The number of rotatable bonds is 4. The van der Waals surface area contributed by atoms with Gasteiger partial charge in [-0.05, 0) is 37.8 Å². The molecule has 1 aromatic heterocycles. The molecule has 1 aliphatic rings. The van der Waals surface area contributed by atoms with E-state index in [0.29, 0.717) is 11.7 Å². The second-order valence-electron chi connectivity index (χ2n) is 5.67. The average molecular weight is 308 g/mol. The number of nitrogens with zero attached hydrogens (tertiary/aromatic N) is 2. The Balaban J connectivity index is 0.00000161. The van der Waals surface area contributed by atoms with Crippen molar-refractivity contribution in [3.63, 3.8) is 0 Å². The van der Waals surface area contributed by atoms with Crippen molar-refractivity contribution in [2.24, 2.45) is 11.8 Å². The van der Waals surface area contributed by atoms with Gasteiger partial charge in [0, 0.05) is 12.0 Å². The predicted octanol–water partition coefficient (Wildman–Crippen LogP) is 3.34. The van der Waals surface area contributed by atoms with Crippen molar-refractivity contribution in [1.82, 2.24) is 15.5 Å². The van der Waals surface area contributed by atoms with Gasteiger partial charge in [-0.3, -0.25) is 0 Å². The summed E-state index contributed by atoms with van der Waals surface area (Å²) in [5.74, 6) is 2.74. The number of hydrogen-bond donors (Lipinski definition) is 1. The van der Waals surface area contributed by atoms with Gasteiger partial charge in [0.2, 0.25) is 11.7 Å². The molecule has 0 spiro atoms. The standard InChI is InChI=1S/C16H21N3O.ClH/c1-12(14-8-5-9-17-11-14)10-15-18-16(19-20-15)13-6-3-2-4-7-13;/h2-4,6-7,12,14,17H,5,8-11H2,1H3;1H. The molecule has 2 unspecified atom stereocenters. The Hall–Kier alpha value is -1.39. The fourth-order valence-electron chi connectivity index (χ4n) is 2.85. The molecule has 2 heterocycles. The summed E-state index contributed by atoms with van der Waals surface area (Å²) in [5.41, 5.74) is 1.01. The minimum absolute atomic E-state index is 0. The van der Waals surface area contributed by atoms with Gasteiger partial charge in [0.25, 0.3) is 0 Å². The summed E-state index contributed by atoms with van der Waals surface area (Å²) in [6.07, 6.45) is 3.44. The molecule has 21 heavy (non-hydrogen) atoms. The van der Waals surface area contributed by atoms with Crippen LogP contribution < -0.4 is 5.32 Å². The lowest BCUT2D eigenvalue weighted by molar-refractivity contribution is 0.257. The van der Waals surface area contributed by atoms with Gasteiger partial charge in [-0.25, -0.2) is 0 Å². The molecule has 0 saturated carbocycles. The molecule has 0 bridgehead atoms. The van der Waals surface area contributed by atoms with Crippen LogP contribution in [0.25, 0.3) is 11.4 Å². The van der Waals surface area contributed by atoms with E-state index in [-0.39, 0.29) is 12.4 Å². The lowest BCUT2D eigenvalue weighted by atomic mass is 9.85. The van der Waals surface area contributed by atoms with Crippen molar-refractivity contribution >= 4 is 12.4 Å². The van der Waals surface area contributed by atoms with Gasteiger partial charge in [-0.2, -0.15) is 4.98 Å². The molecule has 2 aromatic rings. The zero-order chi connectivity index (χ0) is 13.8. The van der Waals surface area contributed by atoms with Gasteiger partial charge in [-0.15, -0.1) is 12.4 Å². The lowest BCUT2D eigenvalue weighted by Gasteiger charge is -2.27. The molecule has 3 rings (SSSR count). The van der Waals surface area contributed by atoms with Crippen LogP contribution in [0.3, 0.4) is 0 Å². The fourth-order valence-corrected chi connectivity index (χ4v) is 2.85. The van der Waals surface area contributed by atoms with Crippen LogP contribution in [0, 0.1) is 11.8 Å². The quantitative estimate of drug-likeness (QED) is 0.941. The van der Waals surface area contributed by atoms with Gasteiger partial charge in [0.05, 0.1) is 0 Å². The van der Waals surface area contributed by atoms with Crippen LogP contribution in [0.5, 0.6) is 0 Å². The highest BCUT2D eigenvalue weighted by molar-refractivity contribution is 5.85. The summed E-state index contributed by atoms with van der Waals surface area (Å²) in [7, 11) is 0. The maximum absolute atomic E-state index is 5.40. The highest BCUT2D eigenvalue weighted by Gasteiger charge is 2.22. The van der Waals surface area contributed by atoms with E-state index in [1.807, 2.05) is 30.3 Å². The van der Waals surface area contributed by atoms with Crippen LogP contribution in [-0.2, 0) is 6.42 Å². The van der Waals surface area contributed by atoms with Crippen molar-refractivity contribution in [3.8, 4) is 11.4 Å². The van der Waals surface area contributed by atoms with E-state index >= 15 is 0 Å². The number of piperidine rings is 1. The van der Waals surface area contributed by atoms with Crippen molar-refractivity contribution in [2.45, 2.75) is 26.2 Å². The molecule has 1 aromatic carbocycles. The second kappa shape index (κ2) is 7.57. The topological polar surface area (TPSA) is 51.0 Å². The maximum Gasteiger partial charge on any atom is 0.227 e. The number of aromatic nitrogens is 2. The van der Waals surface area contributed by atoms with Crippen LogP contribution in [0.2, 0.25) is 0 Å². The van der Waals surface area contributed by atoms with Gasteiger partial charge in [0.1, 0.15) is 0 Å².